The van der Waals surface area contributed by atoms with Crippen LogP contribution in [0.15, 0.2) is 42.5 Å². The van der Waals surface area contributed by atoms with Crippen molar-refractivity contribution in [1.82, 2.24) is 4.98 Å². The first-order valence-corrected chi connectivity index (χ1v) is 4.62. The number of nitrogens with one attached hydrogen (secondary N) is 1. The molecule has 2 rings (SSSR count). The van der Waals surface area contributed by atoms with Gasteiger partial charge in [0.05, 0.1) is 0 Å². The third-order valence-corrected chi connectivity index (χ3v) is 2.13. The molecule has 0 fully saturated rings. The van der Waals surface area contributed by atoms with Crippen LogP contribution in [0.2, 0.25) is 0 Å². The van der Waals surface area contributed by atoms with E-state index in [1.807, 2.05) is 30.3 Å². The van der Waals surface area contributed by atoms with Crippen molar-refractivity contribution in [3.8, 4) is 11.3 Å². The van der Waals surface area contributed by atoms with Crippen LogP contribution in [-0.2, 0) is 0 Å². The number of pyridine rings is 1. The van der Waals surface area contributed by atoms with Crippen LogP contribution in [0.4, 0.5) is 4.39 Å². The van der Waals surface area contributed by atoms with E-state index >= 15 is 0 Å². The van der Waals surface area contributed by atoms with Crippen molar-refractivity contribution >= 4 is 12.2 Å². The van der Waals surface area contributed by atoms with Crippen LogP contribution in [0.1, 0.15) is 0 Å². The number of hydrogen-bond acceptors (Lipinski definition) is 1. The molecule has 0 aliphatic heterocycles. The highest BCUT2D eigenvalue weighted by Gasteiger charge is 1.98. The fourth-order valence-corrected chi connectivity index (χ4v) is 1.50. The molecule has 0 amide bonds. The fraction of sp³-hybridized carbons (Fsp3) is 0. The van der Waals surface area contributed by atoms with Crippen molar-refractivity contribution in [2.75, 3.05) is 0 Å². The minimum Gasteiger partial charge on any atom is -0.331 e. The quantitative estimate of drug-likeness (QED) is 0.556. The van der Waals surface area contributed by atoms with Gasteiger partial charge >= 0.3 is 0 Å². The number of H-pyrrole nitrogens is 1. The standard InChI is InChI=1S/C11H8FNS/c12-11-7-9(14)6-10(13-11)8-4-2-1-3-5-8/h1-7H,(H,13,14). The number of aromatic amines is 1. The number of rotatable bonds is 1. The average Bonchev–Trinajstić information content (AvgIpc) is 2.18. The normalized spacial score (nSPS) is 10.1. The Kier molecular flexibility index (Phi) is 2.41. The van der Waals surface area contributed by atoms with Crippen molar-refractivity contribution in [3.05, 3.63) is 52.9 Å². The lowest BCUT2D eigenvalue weighted by molar-refractivity contribution is 0.585. The molecule has 0 radical (unpaired) electrons. The topological polar surface area (TPSA) is 15.8 Å². The maximum absolute atomic E-state index is 13.0. The van der Waals surface area contributed by atoms with Crippen LogP contribution in [0.5, 0.6) is 0 Å². The van der Waals surface area contributed by atoms with Crippen LogP contribution in [0, 0.1) is 10.5 Å². The molecule has 0 aliphatic carbocycles. The summed E-state index contributed by atoms with van der Waals surface area (Å²) in [5, 5.41) is 0. The van der Waals surface area contributed by atoms with E-state index in [-0.39, 0.29) is 0 Å². The maximum Gasteiger partial charge on any atom is 0.192 e. The van der Waals surface area contributed by atoms with Gasteiger partial charge in [-0.05, 0) is 11.6 Å². The Hall–Kier alpha value is -1.48. The highest BCUT2D eigenvalue weighted by molar-refractivity contribution is 7.71. The van der Waals surface area contributed by atoms with Crippen LogP contribution in [0.25, 0.3) is 11.3 Å². The molecule has 70 valence electrons. The predicted octanol–water partition coefficient (Wildman–Crippen LogP) is 3.55. The van der Waals surface area contributed by atoms with Crippen molar-refractivity contribution < 1.29 is 4.39 Å². The van der Waals surface area contributed by atoms with Crippen LogP contribution in [0.3, 0.4) is 0 Å². The molecule has 3 heteroatoms. The summed E-state index contributed by atoms with van der Waals surface area (Å²) in [6.07, 6.45) is 0. The molecule has 0 spiro atoms. The summed E-state index contributed by atoms with van der Waals surface area (Å²) in [5.41, 5.74) is 1.63. The van der Waals surface area contributed by atoms with Crippen molar-refractivity contribution in [2.24, 2.45) is 0 Å². The zero-order chi connectivity index (χ0) is 9.97. The molecule has 0 aliphatic rings. The molecular weight excluding hydrogens is 197 g/mol. The van der Waals surface area contributed by atoms with Gasteiger partial charge in [0.2, 0.25) is 0 Å². The average molecular weight is 205 g/mol. The molecule has 14 heavy (non-hydrogen) atoms. The molecule has 1 N–H and O–H groups in total. The molecule has 0 bridgehead atoms. The van der Waals surface area contributed by atoms with Gasteiger partial charge in [-0.2, -0.15) is 4.39 Å². The zero-order valence-corrected chi connectivity index (χ0v) is 8.14. The first-order valence-electron chi connectivity index (χ1n) is 4.21. The summed E-state index contributed by atoms with van der Waals surface area (Å²) in [4.78, 5) is 2.63. The smallest absolute Gasteiger partial charge is 0.192 e. The van der Waals surface area contributed by atoms with Gasteiger partial charge in [-0.1, -0.05) is 42.5 Å². The second-order valence-corrected chi connectivity index (χ2v) is 3.42. The molecule has 0 saturated heterocycles. The van der Waals surface area contributed by atoms with Crippen LogP contribution < -0.4 is 0 Å². The summed E-state index contributed by atoms with van der Waals surface area (Å²) < 4.78 is 13.5. The Morgan fingerprint density at radius 3 is 2.43 bits per heavy atom. The van der Waals surface area contributed by atoms with Gasteiger partial charge in [-0.15, -0.1) is 0 Å². The minimum atomic E-state index is -0.406. The molecule has 2 aromatic rings. The summed E-state index contributed by atoms with van der Waals surface area (Å²) in [7, 11) is 0. The van der Waals surface area contributed by atoms with Gasteiger partial charge < -0.3 is 4.98 Å². The lowest BCUT2D eigenvalue weighted by Crippen LogP contribution is -1.87. The number of hydrogen-bond donors (Lipinski definition) is 1. The van der Waals surface area contributed by atoms with E-state index in [9.17, 15) is 4.39 Å². The van der Waals surface area contributed by atoms with Crippen molar-refractivity contribution in [3.63, 3.8) is 0 Å². The fourth-order valence-electron chi connectivity index (χ4n) is 1.28. The van der Waals surface area contributed by atoms with Gasteiger partial charge in [0.25, 0.3) is 0 Å². The Labute approximate surface area is 86.2 Å². The maximum atomic E-state index is 13.0. The SMILES string of the molecule is Fc1cc(=S)cc(-c2ccccc2)[nH]1. The first-order chi connectivity index (χ1) is 6.75. The van der Waals surface area contributed by atoms with E-state index in [4.69, 9.17) is 12.2 Å². The van der Waals surface area contributed by atoms with Gasteiger partial charge in [-0.3, -0.25) is 0 Å². The molecule has 0 saturated carbocycles. The Balaban J connectivity index is 2.58. The van der Waals surface area contributed by atoms with Crippen molar-refractivity contribution in [1.29, 1.82) is 0 Å². The van der Waals surface area contributed by atoms with Gasteiger partial charge in [0.15, 0.2) is 5.95 Å². The summed E-state index contributed by atoms with van der Waals surface area (Å²) >= 11 is 4.93. The Bertz CT molecular complexity index is 490. The van der Waals surface area contributed by atoms with E-state index in [1.165, 1.54) is 6.07 Å². The molecule has 1 aromatic carbocycles. The monoisotopic (exact) mass is 205 g/mol. The Morgan fingerprint density at radius 2 is 1.79 bits per heavy atom. The summed E-state index contributed by atoms with van der Waals surface area (Å²) in [6, 6.07) is 12.6. The first kappa shape index (κ1) is 9.09. The van der Waals surface area contributed by atoms with Gasteiger partial charge in [-0.25, -0.2) is 0 Å². The zero-order valence-electron chi connectivity index (χ0n) is 7.33. The highest BCUT2D eigenvalue weighted by Crippen LogP contribution is 2.16. The molecule has 1 aromatic heterocycles. The number of halogens is 1. The largest absolute Gasteiger partial charge is 0.331 e. The van der Waals surface area contributed by atoms with E-state index in [0.29, 0.717) is 10.2 Å². The lowest BCUT2D eigenvalue weighted by atomic mass is 10.1. The lowest BCUT2D eigenvalue weighted by Gasteiger charge is -2.01. The number of benzene rings is 1. The number of aromatic nitrogens is 1. The highest BCUT2D eigenvalue weighted by atomic mass is 32.1. The van der Waals surface area contributed by atoms with E-state index in [1.54, 1.807) is 6.07 Å². The second-order valence-electron chi connectivity index (χ2n) is 2.94. The molecule has 1 heterocycles. The second kappa shape index (κ2) is 3.72. The summed E-state index contributed by atoms with van der Waals surface area (Å²) in [6.45, 7) is 0. The van der Waals surface area contributed by atoms with E-state index in [0.717, 1.165) is 5.56 Å². The summed E-state index contributed by atoms with van der Waals surface area (Å²) in [5.74, 6) is -0.406. The third-order valence-electron chi connectivity index (χ3n) is 1.89. The predicted molar refractivity (Wildman–Crippen MR) is 57.0 cm³/mol. The van der Waals surface area contributed by atoms with E-state index < -0.39 is 5.95 Å². The van der Waals surface area contributed by atoms with Gasteiger partial charge in [0, 0.05) is 16.3 Å². The van der Waals surface area contributed by atoms with Crippen molar-refractivity contribution in [2.45, 2.75) is 0 Å². The molecular formula is C11H8FNS. The molecule has 0 unspecified atom stereocenters. The minimum absolute atomic E-state index is 0.406. The molecule has 0 atom stereocenters. The van der Waals surface area contributed by atoms with E-state index in [2.05, 4.69) is 4.98 Å². The third kappa shape index (κ3) is 1.88. The van der Waals surface area contributed by atoms with Crippen LogP contribution in [-0.4, -0.2) is 4.98 Å². The molecule has 1 nitrogen and oxygen atoms in total. The van der Waals surface area contributed by atoms with Gasteiger partial charge in [0.1, 0.15) is 0 Å². The van der Waals surface area contributed by atoms with Crippen LogP contribution >= 0.6 is 12.2 Å². The Morgan fingerprint density at radius 1 is 1.07 bits per heavy atom.